The van der Waals surface area contributed by atoms with Gasteiger partial charge < -0.3 is 19.3 Å². The zero-order valence-electron chi connectivity index (χ0n) is 10.5. The molecule has 18 heavy (non-hydrogen) atoms. The molecule has 0 amide bonds. The third-order valence-electron chi connectivity index (χ3n) is 3.50. The maximum Gasteiger partial charge on any atom is 0.129 e. The molecule has 4 nitrogen and oxygen atoms in total. The van der Waals surface area contributed by atoms with Gasteiger partial charge in [-0.1, -0.05) is 0 Å². The predicted octanol–water partition coefficient (Wildman–Crippen LogP) is 2.06. The normalized spacial score (nSPS) is 30.0. The van der Waals surface area contributed by atoms with Gasteiger partial charge in [-0.25, -0.2) is 0 Å². The molecule has 1 fully saturated rings. The van der Waals surface area contributed by atoms with Crippen molar-refractivity contribution in [3.63, 3.8) is 0 Å². The molecule has 3 rings (SSSR count). The Hall–Kier alpha value is -1.26. The van der Waals surface area contributed by atoms with Crippen LogP contribution in [0.25, 0.3) is 0 Å². The molecule has 2 aliphatic rings. The van der Waals surface area contributed by atoms with Gasteiger partial charge in [-0.2, -0.15) is 0 Å². The van der Waals surface area contributed by atoms with E-state index < -0.39 is 6.10 Å². The topological polar surface area (TPSA) is 47.9 Å². The maximum absolute atomic E-state index is 9.62. The van der Waals surface area contributed by atoms with Crippen molar-refractivity contribution in [3.8, 4) is 11.5 Å². The largest absolute Gasteiger partial charge is 0.491 e. The van der Waals surface area contributed by atoms with E-state index in [2.05, 4.69) is 6.92 Å². The molecular weight excluding hydrogens is 232 g/mol. The van der Waals surface area contributed by atoms with Gasteiger partial charge >= 0.3 is 0 Å². The van der Waals surface area contributed by atoms with E-state index in [1.807, 2.05) is 18.2 Å². The summed E-state index contributed by atoms with van der Waals surface area (Å²) in [5.41, 5.74) is 0.841. The van der Waals surface area contributed by atoms with E-state index in [4.69, 9.17) is 14.2 Å². The Morgan fingerprint density at radius 1 is 1.39 bits per heavy atom. The van der Waals surface area contributed by atoms with E-state index >= 15 is 0 Å². The van der Waals surface area contributed by atoms with Crippen molar-refractivity contribution in [2.45, 2.75) is 38.1 Å². The third-order valence-corrected chi connectivity index (χ3v) is 3.50. The second-order valence-corrected chi connectivity index (χ2v) is 4.98. The van der Waals surface area contributed by atoms with Crippen LogP contribution >= 0.6 is 0 Å². The van der Waals surface area contributed by atoms with Crippen LogP contribution < -0.4 is 9.47 Å². The van der Waals surface area contributed by atoms with E-state index in [0.29, 0.717) is 19.3 Å². The third kappa shape index (κ3) is 2.31. The first-order valence-corrected chi connectivity index (χ1v) is 6.45. The summed E-state index contributed by atoms with van der Waals surface area (Å²) in [5, 5.41) is 9.62. The lowest BCUT2D eigenvalue weighted by atomic mass is 10.1. The van der Waals surface area contributed by atoms with Gasteiger partial charge in [0.2, 0.25) is 0 Å². The van der Waals surface area contributed by atoms with E-state index in [1.54, 1.807) is 0 Å². The molecule has 0 aromatic heterocycles. The molecular formula is C14H18O4. The molecule has 3 atom stereocenters. The van der Waals surface area contributed by atoms with Crippen LogP contribution in [-0.4, -0.2) is 30.5 Å². The van der Waals surface area contributed by atoms with Crippen LogP contribution in [0.5, 0.6) is 11.5 Å². The summed E-state index contributed by atoms with van der Waals surface area (Å²) < 4.78 is 16.8. The van der Waals surface area contributed by atoms with E-state index in [0.717, 1.165) is 29.9 Å². The summed E-state index contributed by atoms with van der Waals surface area (Å²) in [4.78, 5) is 0. The monoisotopic (exact) mass is 250 g/mol. The number of rotatable bonds is 3. The van der Waals surface area contributed by atoms with Crippen LogP contribution in [0.3, 0.4) is 0 Å². The van der Waals surface area contributed by atoms with Gasteiger partial charge in [0.25, 0.3) is 0 Å². The minimum atomic E-state index is -0.506. The van der Waals surface area contributed by atoms with Crippen LogP contribution in [-0.2, 0) is 4.74 Å². The molecule has 0 radical (unpaired) electrons. The fourth-order valence-corrected chi connectivity index (χ4v) is 2.46. The Morgan fingerprint density at radius 3 is 3.06 bits per heavy atom. The number of ether oxygens (including phenoxy) is 3. The second kappa shape index (κ2) is 4.78. The lowest BCUT2D eigenvalue weighted by Gasteiger charge is -2.13. The predicted molar refractivity (Wildman–Crippen MR) is 66.0 cm³/mol. The standard InChI is InChI=1S/C14H18O4/c1-9-2-3-11(18-9)7-16-10-4-5-12-13(15)8-17-14(12)6-10/h4-6,9,11,13,15H,2-3,7-8H2,1H3. The van der Waals surface area contributed by atoms with Gasteiger partial charge in [-0.3, -0.25) is 0 Å². The highest BCUT2D eigenvalue weighted by Gasteiger charge is 2.24. The highest BCUT2D eigenvalue weighted by Crippen LogP contribution is 2.35. The molecule has 0 saturated carbocycles. The number of hydrogen-bond donors (Lipinski definition) is 1. The second-order valence-electron chi connectivity index (χ2n) is 4.98. The van der Waals surface area contributed by atoms with Crippen molar-refractivity contribution in [1.82, 2.24) is 0 Å². The van der Waals surface area contributed by atoms with Crippen LogP contribution in [0.1, 0.15) is 31.4 Å². The van der Waals surface area contributed by atoms with Gasteiger partial charge in [0.05, 0.1) is 12.2 Å². The molecule has 3 unspecified atom stereocenters. The molecule has 1 aromatic rings. The average Bonchev–Trinajstić information content (AvgIpc) is 2.94. The number of fused-ring (bicyclic) bond motifs is 1. The zero-order valence-corrected chi connectivity index (χ0v) is 10.5. The summed E-state index contributed by atoms with van der Waals surface area (Å²) in [6, 6.07) is 5.57. The van der Waals surface area contributed by atoms with Gasteiger partial charge in [0.15, 0.2) is 0 Å². The van der Waals surface area contributed by atoms with E-state index in [-0.39, 0.29) is 6.10 Å². The number of benzene rings is 1. The summed E-state index contributed by atoms with van der Waals surface area (Å²) in [6.45, 7) is 3.00. The fourth-order valence-electron chi connectivity index (χ4n) is 2.46. The van der Waals surface area contributed by atoms with Crippen LogP contribution in [0.15, 0.2) is 18.2 Å². The SMILES string of the molecule is CC1CCC(COc2ccc3c(c2)OCC3O)O1. The van der Waals surface area contributed by atoms with Gasteiger partial charge in [0, 0.05) is 11.6 Å². The van der Waals surface area contributed by atoms with Crippen LogP contribution in [0, 0.1) is 0 Å². The van der Waals surface area contributed by atoms with Crippen molar-refractivity contribution in [2.24, 2.45) is 0 Å². The van der Waals surface area contributed by atoms with Crippen molar-refractivity contribution < 1.29 is 19.3 Å². The molecule has 1 N–H and O–H groups in total. The molecule has 0 aliphatic carbocycles. The van der Waals surface area contributed by atoms with Gasteiger partial charge in [-0.15, -0.1) is 0 Å². The molecule has 1 aromatic carbocycles. The minimum Gasteiger partial charge on any atom is -0.491 e. The fraction of sp³-hybridized carbons (Fsp3) is 0.571. The Morgan fingerprint density at radius 2 is 2.28 bits per heavy atom. The summed E-state index contributed by atoms with van der Waals surface area (Å²) in [6.07, 6.45) is 2.19. The Kier molecular flexibility index (Phi) is 3.14. The highest BCUT2D eigenvalue weighted by atomic mass is 16.5. The molecule has 1 saturated heterocycles. The Bertz CT molecular complexity index is 432. The first-order valence-electron chi connectivity index (χ1n) is 6.45. The summed E-state index contributed by atoms with van der Waals surface area (Å²) in [5.74, 6) is 1.49. The Balaban J connectivity index is 1.60. The van der Waals surface area contributed by atoms with Gasteiger partial charge in [0.1, 0.15) is 30.8 Å². The summed E-state index contributed by atoms with van der Waals surface area (Å²) >= 11 is 0. The van der Waals surface area contributed by atoms with E-state index in [1.165, 1.54) is 0 Å². The van der Waals surface area contributed by atoms with Crippen LogP contribution in [0.2, 0.25) is 0 Å². The van der Waals surface area contributed by atoms with E-state index in [9.17, 15) is 5.11 Å². The Labute approximate surface area is 106 Å². The average molecular weight is 250 g/mol. The number of hydrogen-bond acceptors (Lipinski definition) is 4. The molecule has 4 heteroatoms. The zero-order chi connectivity index (χ0) is 12.5. The number of aliphatic hydroxyl groups is 1. The first-order chi connectivity index (χ1) is 8.72. The first kappa shape index (κ1) is 11.8. The van der Waals surface area contributed by atoms with Crippen molar-refractivity contribution >= 4 is 0 Å². The molecule has 0 spiro atoms. The van der Waals surface area contributed by atoms with Crippen molar-refractivity contribution in [2.75, 3.05) is 13.2 Å². The molecule has 2 heterocycles. The maximum atomic E-state index is 9.62. The molecule has 0 bridgehead atoms. The minimum absolute atomic E-state index is 0.194. The van der Waals surface area contributed by atoms with Gasteiger partial charge in [-0.05, 0) is 31.9 Å². The van der Waals surface area contributed by atoms with Crippen molar-refractivity contribution in [3.05, 3.63) is 23.8 Å². The van der Waals surface area contributed by atoms with Crippen LogP contribution in [0.4, 0.5) is 0 Å². The highest BCUT2D eigenvalue weighted by molar-refractivity contribution is 5.44. The lowest BCUT2D eigenvalue weighted by molar-refractivity contribution is 0.0264. The quantitative estimate of drug-likeness (QED) is 0.892. The summed E-state index contributed by atoms with van der Waals surface area (Å²) in [7, 11) is 0. The lowest BCUT2D eigenvalue weighted by Crippen LogP contribution is -2.17. The van der Waals surface area contributed by atoms with Crippen molar-refractivity contribution in [1.29, 1.82) is 0 Å². The molecule has 2 aliphatic heterocycles. The smallest absolute Gasteiger partial charge is 0.129 e. The number of aliphatic hydroxyl groups excluding tert-OH is 1. The molecule has 98 valence electrons.